The second kappa shape index (κ2) is 6.92. The summed E-state index contributed by atoms with van der Waals surface area (Å²) in [5.74, 6) is -0.597. The minimum Gasteiger partial charge on any atom is -0.470 e. The van der Waals surface area contributed by atoms with Crippen molar-refractivity contribution in [3.8, 4) is 11.9 Å². The highest BCUT2D eigenvalue weighted by atomic mass is 16.5. The number of amides is 1. The van der Waals surface area contributed by atoms with Gasteiger partial charge in [-0.1, -0.05) is 12.1 Å². The molecule has 1 amide bonds. The second-order valence-corrected chi connectivity index (χ2v) is 6.11. The Balaban J connectivity index is 1.44. The van der Waals surface area contributed by atoms with E-state index in [1.54, 1.807) is 29.2 Å². The maximum Gasteiger partial charge on any atom is 0.420 e. The zero-order valence-electron chi connectivity index (χ0n) is 14.2. The normalized spacial score (nSPS) is 16.4. The number of ether oxygens (including phenoxy) is 1. The van der Waals surface area contributed by atoms with Gasteiger partial charge < -0.3 is 14.1 Å². The van der Waals surface area contributed by atoms with E-state index in [2.05, 4.69) is 9.97 Å². The molecular formula is C18H15N5O4. The molecule has 9 nitrogen and oxygen atoms in total. The molecule has 1 fully saturated rings. The lowest BCUT2D eigenvalue weighted by atomic mass is 10.3. The molecule has 0 spiro atoms. The van der Waals surface area contributed by atoms with Gasteiger partial charge >= 0.3 is 5.76 Å². The van der Waals surface area contributed by atoms with E-state index in [-0.39, 0.29) is 30.1 Å². The van der Waals surface area contributed by atoms with Crippen LogP contribution in [0.1, 0.15) is 12.1 Å². The number of oxazole rings is 1. The van der Waals surface area contributed by atoms with E-state index in [1.165, 1.54) is 17.0 Å². The highest BCUT2D eigenvalue weighted by Crippen LogP contribution is 2.19. The summed E-state index contributed by atoms with van der Waals surface area (Å²) >= 11 is 0. The smallest absolute Gasteiger partial charge is 0.420 e. The third-order valence-corrected chi connectivity index (χ3v) is 4.41. The van der Waals surface area contributed by atoms with Crippen molar-refractivity contribution in [3.05, 3.63) is 52.9 Å². The van der Waals surface area contributed by atoms with Crippen LogP contribution in [0, 0.1) is 11.3 Å². The molecule has 9 heteroatoms. The summed E-state index contributed by atoms with van der Waals surface area (Å²) in [7, 11) is 0. The molecular weight excluding hydrogens is 350 g/mol. The molecule has 1 aromatic carbocycles. The van der Waals surface area contributed by atoms with E-state index in [0.29, 0.717) is 30.6 Å². The first-order chi connectivity index (χ1) is 13.2. The fourth-order valence-electron chi connectivity index (χ4n) is 3.10. The Morgan fingerprint density at radius 3 is 3.00 bits per heavy atom. The molecule has 2 aromatic heterocycles. The van der Waals surface area contributed by atoms with Crippen molar-refractivity contribution in [1.82, 2.24) is 19.4 Å². The highest BCUT2D eigenvalue weighted by Gasteiger charge is 2.29. The number of aromatic nitrogens is 3. The van der Waals surface area contributed by atoms with Crippen molar-refractivity contribution in [2.24, 2.45) is 0 Å². The van der Waals surface area contributed by atoms with Crippen LogP contribution in [-0.2, 0) is 11.3 Å². The number of rotatable bonds is 4. The van der Waals surface area contributed by atoms with Gasteiger partial charge in [0.1, 0.15) is 18.7 Å². The molecule has 0 radical (unpaired) electrons. The Morgan fingerprint density at radius 1 is 1.33 bits per heavy atom. The average molecular weight is 365 g/mol. The van der Waals surface area contributed by atoms with Crippen LogP contribution >= 0.6 is 0 Å². The molecule has 4 rings (SSSR count). The SMILES string of the molecule is N#Cc1nccnc1OC1CCN(C(=O)Cn2c(=O)oc3ccccc32)C1. The quantitative estimate of drug-likeness (QED) is 0.676. The maximum absolute atomic E-state index is 12.6. The molecule has 0 N–H and O–H groups in total. The number of likely N-dealkylation sites (tertiary alicyclic amines) is 1. The van der Waals surface area contributed by atoms with Gasteiger partial charge in [0, 0.05) is 25.4 Å². The lowest BCUT2D eigenvalue weighted by molar-refractivity contribution is -0.131. The standard InChI is InChI=1S/C18H15N5O4/c19-9-13-17(21-7-6-20-13)26-12-5-8-22(10-12)16(24)11-23-14-3-1-2-4-15(14)27-18(23)25/h1-4,6-7,12H,5,8,10-11H2. The van der Waals surface area contributed by atoms with Gasteiger partial charge in [-0.2, -0.15) is 5.26 Å². The van der Waals surface area contributed by atoms with Gasteiger partial charge in [0.25, 0.3) is 5.88 Å². The molecule has 136 valence electrons. The van der Waals surface area contributed by atoms with Crippen molar-refractivity contribution < 1.29 is 13.9 Å². The van der Waals surface area contributed by atoms with Crippen LogP contribution in [0.15, 0.2) is 45.9 Å². The molecule has 3 aromatic rings. The Kier molecular flexibility index (Phi) is 4.30. The first-order valence-electron chi connectivity index (χ1n) is 8.39. The summed E-state index contributed by atoms with van der Waals surface area (Å²) in [6, 6.07) is 8.90. The van der Waals surface area contributed by atoms with E-state index in [9.17, 15) is 9.59 Å². The van der Waals surface area contributed by atoms with Gasteiger partial charge in [-0.15, -0.1) is 0 Å². The Bertz CT molecular complexity index is 1100. The van der Waals surface area contributed by atoms with E-state index >= 15 is 0 Å². The van der Waals surface area contributed by atoms with Gasteiger partial charge in [0.2, 0.25) is 11.6 Å². The molecule has 1 aliphatic rings. The lowest BCUT2D eigenvalue weighted by Crippen LogP contribution is -2.35. The predicted octanol–water partition coefficient (Wildman–Crippen LogP) is 0.936. The monoisotopic (exact) mass is 365 g/mol. The van der Waals surface area contributed by atoms with Crippen molar-refractivity contribution in [1.29, 1.82) is 5.26 Å². The van der Waals surface area contributed by atoms with Gasteiger partial charge in [0.05, 0.1) is 12.1 Å². The second-order valence-electron chi connectivity index (χ2n) is 6.11. The van der Waals surface area contributed by atoms with Crippen LogP contribution in [-0.4, -0.2) is 44.5 Å². The zero-order chi connectivity index (χ0) is 18.8. The van der Waals surface area contributed by atoms with Crippen molar-refractivity contribution in [2.45, 2.75) is 19.1 Å². The molecule has 0 aliphatic carbocycles. The number of nitrogens with zero attached hydrogens (tertiary/aromatic N) is 5. The van der Waals surface area contributed by atoms with Crippen molar-refractivity contribution in [3.63, 3.8) is 0 Å². The van der Waals surface area contributed by atoms with E-state index in [1.807, 2.05) is 6.07 Å². The summed E-state index contributed by atoms with van der Waals surface area (Å²) in [6.07, 6.45) is 3.19. The van der Waals surface area contributed by atoms with Crippen LogP contribution in [0.3, 0.4) is 0 Å². The summed E-state index contributed by atoms with van der Waals surface area (Å²) in [4.78, 5) is 34.2. The molecule has 1 atom stereocenters. The first-order valence-corrected chi connectivity index (χ1v) is 8.39. The fourth-order valence-corrected chi connectivity index (χ4v) is 3.10. The maximum atomic E-state index is 12.6. The minimum absolute atomic E-state index is 0.100. The summed E-state index contributed by atoms with van der Waals surface area (Å²) in [5, 5.41) is 9.05. The van der Waals surface area contributed by atoms with E-state index in [0.717, 1.165) is 0 Å². The van der Waals surface area contributed by atoms with Gasteiger partial charge in [-0.05, 0) is 12.1 Å². The van der Waals surface area contributed by atoms with Crippen LogP contribution in [0.2, 0.25) is 0 Å². The molecule has 0 saturated carbocycles. The molecule has 27 heavy (non-hydrogen) atoms. The summed E-state index contributed by atoms with van der Waals surface area (Å²) in [6.45, 7) is 0.748. The number of nitriles is 1. The number of fused-ring (bicyclic) bond motifs is 1. The Hall–Kier alpha value is -3.67. The van der Waals surface area contributed by atoms with Gasteiger partial charge in [0.15, 0.2) is 5.58 Å². The van der Waals surface area contributed by atoms with Crippen LogP contribution in [0.4, 0.5) is 0 Å². The Morgan fingerprint density at radius 2 is 2.15 bits per heavy atom. The topological polar surface area (TPSA) is 114 Å². The van der Waals surface area contributed by atoms with Crippen LogP contribution in [0.5, 0.6) is 5.88 Å². The van der Waals surface area contributed by atoms with Crippen LogP contribution < -0.4 is 10.5 Å². The molecule has 1 saturated heterocycles. The van der Waals surface area contributed by atoms with Crippen LogP contribution in [0.25, 0.3) is 11.1 Å². The van der Waals surface area contributed by atoms with E-state index in [4.69, 9.17) is 14.4 Å². The average Bonchev–Trinajstić information content (AvgIpc) is 3.27. The summed E-state index contributed by atoms with van der Waals surface area (Å²) < 4.78 is 12.2. The minimum atomic E-state index is -0.560. The Labute approximate surface area is 153 Å². The van der Waals surface area contributed by atoms with Crippen molar-refractivity contribution >= 4 is 17.0 Å². The zero-order valence-corrected chi connectivity index (χ0v) is 14.2. The van der Waals surface area contributed by atoms with Gasteiger partial charge in [-0.3, -0.25) is 9.36 Å². The van der Waals surface area contributed by atoms with Crippen molar-refractivity contribution in [2.75, 3.05) is 13.1 Å². The molecule has 0 bridgehead atoms. The number of carbonyl (C=O) groups is 1. The summed E-state index contributed by atoms with van der Waals surface area (Å²) in [5.41, 5.74) is 1.14. The molecule has 3 heterocycles. The number of para-hydroxylation sites is 2. The largest absolute Gasteiger partial charge is 0.470 e. The number of benzene rings is 1. The highest BCUT2D eigenvalue weighted by molar-refractivity contribution is 5.79. The fraction of sp³-hybridized carbons (Fsp3) is 0.278. The third kappa shape index (κ3) is 3.25. The number of hydrogen-bond acceptors (Lipinski definition) is 7. The number of carbonyl (C=O) groups excluding carboxylic acids is 1. The molecule has 1 unspecified atom stereocenters. The predicted molar refractivity (Wildman–Crippen MR) is 92.8 cm³/mol. The number of hydrogen-bond donors (Lipinski definition) is 0. The third-order valence-electron chi connectivity index (χ3n) is 4.41. The lowest BCUT2D eigenvalue weighted by Gasteiger charge is -2.17. The molecule has 1 aliphatic heterocycles. The first kappa shape index (κ1) is 16.8. The van der Waals surface area contributed by atoms with E-state index < -0.39 is 5.76 Å². The van der Waals surface area contributed by atoms with Gasteiger partial charge in [-0.25, -0.2) is 14.8 Å².